The van der Waals surface area contributed by atoms with E-state index in [0.29, 0.717) is 50.0 Å². The van der Waals surface area contributed by atoms with Gasteiger partial charge >= 0.3 is 0 Å². The summed E-state index contributed by atoms with van der Waals surface area (Å²) in [5, 5.41) is 8.26. The maximum Gasteiger partial charge on any atom is 0.274 e. The molecule has 2 aliphatic rings. The molecular formula is C23H31FN4O2. The Labute approximate surface area is 177 Å². The van der Waals surface area contributed by atoms with Gasteiger partial charge in [0.2, 0.25) is 0 Å². The van der Waals surface area contributed by atoms with Gasteiger partial charge in [0.05, 0.1) is 13.2 Å². The van der Waals surface area contributed by atoms with Gasteiger partial charge in [0.1, 0.15) is 5.82 Å². The highest BCUT2D eigenvalue weighted by atomic mass is 19.1. The van der Waals surface area contributed by atoms with Crippen molar-refractivity contribution in [3.8, 4) is 0 Å². The lowest BCUT2D eigenvalue weighted by molar-refractivity contribution is 0.0297. The molecule has 0 bridgehead atoms. The molecule has 4 rings (SSSR count). The molecule has 7 heteroatoms. The average molecular weight is 415 g/mol. The van der Waals surface area contributed by atoms with Gasteiger partial charge in [0.15, 0.2) is 5.69 Å². The third kappa shape index (κ3) is 4.57. The Balaban J connectivity index is 1.53. The van der Waals surface area contributed by atoms with Crippen LogP contribution in [0, 0.1) is 11.7 Å². The number of morpholine rings is 1. The fourth-order valence-electron chi connectivity index (χ4n) is 4.34. The molecule has 1 N–H and O–H groups in total. The highest BCUT2D eigenvalue weighted by Gasteiger charge is 2.31. The molecule has 1 atom stereocenters. The summed E-state index contributed by atoms with van der Waals surface area (Å²) in [6, 6.07) is 7.06. The van der Waals surface area contributed by atoms with Crippen LogP contribution in [0.2, 0.25) is 0 Å². The summed E-state index contributed by atoms with van der Waals surface area (Å²) < 4.78 is 21.4. The number of halogens is 1. The number of carbonyl (C=O) groups excluding carboxylic acids is 1. The smallest absolute Gasteiger partial charge is 0.274 e. The van der Waals surface area contributed by atoms with E-state index in [4.69, 9.17) is 9.84 Å². The molecule has 2 aromatic rings. The van der Waals surface area contributed by atoms with Gasteiger partial charge in [-0.2, -0.15) is 5.10 Å². The third-order valence-corrected chi connectivity index (χ3v) is 5.92. The van der Waals surface area contributed by atoms with Crippen LogP contribution in [0.5, 0.6) is 0 Å². The maximum absolute atomic E-state index is 14.0. The zero-order chi connectivity index (χ0) is 21.1. The van der Waals surface area contributed by atoms with Crippen LogP contribution in [-0.2, 0) is 30.7 Å². The zero-order valence-corrected chi connectivity index (χ0v) is 17.9. The van der Waals surface area contributed by atoms with Crippen LogP contribution in [0.15, 0.2) is 24.3 Å². The van der Waals surface area contributed by atoms with Crippen LogP contribution in [0.1, 0.15) is 47.6 Å². The minimum absolute atomic E-state index is 0.00631. The molecule has 0 radical (unpaired) electrons. The summed E-state index contributed by atoms with van der Waals surface area (Å²) in [6.07, 6.45) is 2.57. The molecule has 0 unspecified atom stereocenters. The average Bonchev–Trinajstić information content (AvgIpc) is 3.10. The van der Waals surface area contributed by atoms with E-state index in [0.717, 1.165) is 31.4 Å². The quantitative estimate of drug-likeness (QED) is 0.790. The Morgan fingerprint density at radius 2 is 2.07 bits per heavy atom. The number of benzene rings is 1. The van der Waals surface area contributed by atoms with Crippen LogP contribution in [0.4, 0.5) is 4.39 Å². The summed E-state index contributed by atoms with van der Waals surface area (Å²) in [5.41, 5.74) is 3.50. The molecule has 1 aromatic carbocycles. The van der Waals surface area contributed by atoms with E-state index in [-0.39, 0.29) is 17.8 Å². The number of nitrogens with zero attached hydrogens (tertiary/aromatic N) is 3. The predicted molar refractivity (Wildman–Crippen MR) is 113 cm³/mol. The normalized spacial score (nSPS) is 19.2. The van der Waals surface area contributed by atoms with E-state index in [2.05, 4.69) is 19.2 Å². The second-order valence-electron chi connectivity index (χ2n) is 8.67. The first-order valence-electron chi connectivity index (χ1n) is 10.9. The molecule has 6 nitrogen and oxygen atoms in total. The van der Waals surface area contributed by atoms with E-state index in [1.54, 1.807) is 6.07 Å². The van der Waals surface area contributed by atoms with Gasteiger partial charge in [-0.1, -0.05) is 32.0 Å². The van der Waals surface area contributed by atoms with E-state index in [1.807, 2.05) is 21.7 Å². The first kappa shape index (κ1) is 21.0. The Bertz CT molecular complexity index is 889. The highest BCUT2D eigenvalue weighted by Crippen LogP contribution is 2.27. The second-order valence-corrected chi connectivity index (χ2v) is 8.67. The van der Waals surface area contributed by atoms with Crippen LogP contribution in [0.3, 0.4) is 0 Å². The summed E-state index contributed by atoms with van der Waals surface area (Å²) in [6.45, 7) is 8.00. The van der Waals surface area contributed by atoms with Gasteiger partial charge in [-0.3, -0.25) is 9.48 Å². The van der Waals surface area contributed by atoms with Gasteiger partial charge < -0.3 is 15.0 Å². The fraction of sp³-hybridized carbons (Fsp3) is 0.565. The lowest BCUT2D eigenvalue weighted by Crippen LogP contribution is -2.41. The molecule has 1 amide bonds. The van der Waals surface area contributed by atoms with Crippen molar-refractivity contribution in [2.24, 2.45) is 5.92 Å². The number of hydrogen-bond acceptors (Lipinski definition) is 4. The minimum atomic E-state index is -0.186. The van der Waals surface area contributed by atoms with Crippen LogP contribution >= 0.6 is 0 Å². The van der Waals surface area contributed by atoms with Gasteiger partial charge in [0, 0.05) is 49.0 Å². The topological polar surface area (TPSA) is 59.4 Å². The van der Waals surface area contributed by atoms with Crippen LogP contribution < -0.4 is 5.32 Å². The number of nitrogens with one attached hydrogen (secondary N) is 1. The summed E-state index contributed by atoms with van der Waals surface area (Å²) in [4.78, 5) is 15.1. The van der Waals surface area contributed by atoms with Crippen molar-refractivity contribution < 1.29 is 13.9 Å². The van der Waals surface area contributed by atoms with Gasteiger partial charge in [-0.05, 0) is 31.2 Å². The maximum atomic E-state index is 14.0. The molecule has 1 aliphatic carbocycles. The molecule has 1 fully saturated rings. The molecule has 0 spiro atoms. The Kier molecular flexibility index (Phi) is 6.49. The van der Waals surface area contributed by atoms with Crippen molar-refractivity contribution >= 4 is 5.91 Å². The van der Waals surface area contributed by atoms with Crippen molar-refractivity contribution in [1.29, 1.82) is 0 Å². The van der Waals surface area contributed by atoms with Crippen molar-refractivity contribution in [2.45, 2.75) is 52.2 Å². The number of aromatic nitrogens is 2. The van der Waals surface area contributed by atoms with Gasteiger partial charge in [0.25, 0.3) is 5.91 Å². The summed E-state index contributed by atoms with van der Waals surface area (Å²) >= 11 is 0. The van der Waals surface area contributed by atoms with E-state index in [1.165, 1.54) is 11.8 Å². The molecule has 0 saturated carbocycles. The largest absolute Gasteiger partial charge is 0.378 e. The van der Waals surface area contributed by atoms with Crippen molar-refractivity contribution in [3.63, 3.8) is 0 Å². The SMILES string of the molecule is CC(C)Cn1nc(C(=O)N2CCOCC2)c2c1CC[C@@H](NCc1ccccc1F)C2. The van der Waals surface area contributed by atoms with Crippen LogP contribution in [-0.4, -0.2) is 52.9 Å². The number of fused-ring (bicyclic) bond motifs is 1. The molecule has 2 heterocycles. The molecular weight excluding hydrogens is 383 g/mol. The first-order chi connectivity index (χ1) is 14.5. The Morgan fingerprint density at radius 3 is 2.80 bits per heavy atom. The number of hydrogen-bond donors (Lipinski definition) is 1. The monoisotopic (exact) mass is 414 g/mol. The molecule has 30 heavy (non-hydrogen) atoms. The van der Waals surface area contributed by atoms with Crippen molar-refractivity contribution in [2.75, 3.05) is 26.3 Å². The molecule has 1 aliphatic heterocycles. The van der Waals surface area contributed by atoms with E-state index in [9.17, 15) is 9.18 Å². The zero-order valence-electron chi connectivity index (χ0n) is 17.9. The van der Waals surface area contributed by atoms with Crippen LogP contribution in [0.25, 0.3) is 0 Å². The standard InChI is InChI=1S/C23H31FN4O2/c1-16(2)15-28-21-8-7-18(25-14-17-5-3-4-6-20(17)24)13-19(21)22(26-28)23(29)27-9-11-30-12-10-27/h3-6,16,18,25H,7-15H2,1-2H3/t18-/m1/s1. The number of amides is 1. The Hall–Kier alpha value is -2.25. The summed E-state index contributed by atoms with van der Waals surface area (Å²) in [7, 11) is 0. The molecule has 162 valence electrons. The van der Waals surface area contributed by atoms with Gasteiger partial charge in [-0.25, -0.2) is 4.39 Å². The number of carbonyl (C=O) groups is 1. The third-order valence-electron chi connectivity index (χ3n) is 5.92. The summed E-state index contributed by atoms with van der Waals surface area (Å²) in [5.74, 6) is 0.276. The van der Waals surface area contributed by atoms with Crippen molar-refractivity contribution in [1.82, 2.24) is 20.0 Å². The minimum Gasteiger partial charge on any atom is -0.378 e. The fourth-order valence-corrected chi connectivity index (χ4v) is 4.34. The predicted octanol–water partition coefficient (Wildman–Crippen LogP) is 2.80. The van der Waals surface area contributed by atoms with Gasteiger partial charge in [-0.15, -0.1) is 0 Å². The van der Waals surface area contributed by atoms with E-state index >= 15 is 0 Å². The highest BCUT2D eigenvalue weighted by molar-refractivity contribution is 5.94. The molecule has 1 saturated heterocycles. The first-order valence-corrected chi connectivity index (χ1v) is 10.9. The lowest BCUT2D eigenvalue weighted by atomic mass is 9.90. The Morgan fingerprint density at radius 1 is 1.30 bits per heavy atom. The lowest BCUT2D eigenvalue weighted by Gasteiger charge is -2.28. The van der Waals surface area contributed by atoms with E-state index < -0.39 is 0 Å². The second kappa shape index (κ2) is 9.27. The molecule has 1 aromatic heterocycles. The number of rotatable bonds is 6. The number of ether oxygens (including phenoxy) is 1. The van der Waals surface area contributed by atoms with Crippen molar-refractivity contribution in [3.05, 3.63) is 52.6 Å².